The molecule has 156 valence electrons. The summed E-state index contributed by atoms with van der Waals surface area (Å²) in [6.07, 6.45) is 0. The first-order valence-corrected chi connectivity index (χ1v) is 8.79. The number of fused-ring (bicyclic) bond motifs is 1. The second kappa shape index (κ2) is 6.07. The van der Waals surface area contributed by atoms with E-state index in [0.717, 1.165) is 4.90 Å². The molecule has 0 spiro atoms. The molecule has 29 heavy (non-hydrogen) atoms. The molecule has 4 heterocycles. The van der Waals surface area contributed by atoms with Crippen molar-refractivity contribution < 1.29 is 22.0 Å². The molecular weight excluding hydrogens is 396 g/mol. The lowest BCUT2D eigenvalue weighted by atomic mass is 9.96. The number of nitrogens with zero attached hydrogens (tertiary/aromatic N) is 8. The van der Waals surface area contributed by atoms with Gasteiger partial charge in [0.1, 0.15) is 12.4 Å². The lowest BCUT2D eigenvalue weighted by Crippen LogP contribution is -2.38. The first kappa shape index (κ1) is 19.5. The zero-order valence-electron chi connectivity index (χ0n) is 16.1. The Hall–Kier alpha value is -2.86. The highest BCUT2D eigenvalue weighted by atomic mass is 19.3. The minimum Gasteiger partial charge on any atom is -0.423 e. The topological polar surface area (TPSA) is 98.6 Å². The van der Waals surface area contributed by atoms with Gasteiger partial charge in [0.25, 0.3) is 0 Å². The SMILES string of the molecule is Cc1nnc(Cn2nc3nc(C(C)(C)C)nc(N4CC(F)(F)C(F)(F)C4)c3n2)o1. The Morgan fingerprint density at radius 2 is 1.66 bits per heavy atom. The van der Waals surface area contributed by atoms with Crippen molar-refractivity contribution in [1.29, 1.82) is 0 Å². The van der Waals surface area contributed by atoms with Crippen molar-refractivity contribution in [1.82, 2.24) is 35.2 Å². The van der Waals surface area contributed by atoms with Crippen LogP contribution in [0.3, 0.4) is 0 Å². The Morgan fingerprint density at radius 1 is 1.00 bits per heavy atom. The van der Waals surface area contributed by atoms with Gasteiger partial charge in [-0.05, 0) is 0 Å². The Labute approximate surface area is 162 Å². The summed E-state index contributed by atoms with van der Waals surface area (Å²) in [7, 11) is 0. The van der Waals surface area contributed by atoms with Crippen molar-refractivity contribution in [3.8, 4) is 0 Å². The van der Waals surface area contributed by atoms with Gasteiger partial charge in [0.2, 0.25) is 17.4 Å². The molecule has 0 radical (unpaired) electrons. The van der Waals surface area contributed by atoms with Crippen molar-refractivity contribution >= 4 is 17.0 Å². The van der Waals surface area contributed by atoms with Gasteiger partial charge in [0.15, 0.2) is 11.3 Å². The molecule has 1 fully saturated rings. The van der Waals surface area contributed by atoms with Gasteiger partial charge in [0.05, 0.1) is 13.1 Å². The molecule has 4 rings (SSSR count). The van der Waals surface area contributed by atoms with Crippen molar-refractivity contribution in [2.24, 2.45) is 0 Å². The molecule has 0 amide bonds. The van der Waals surface area contributed by atoms with Crippen LogP contribution in [-0.4, -0.2) is 60.1 Å². The Morgan fingerprint density at radius 3 is 2.21 bits per heavy atom. The fraction of sp³-hybridized carbons (Fsp3) is 0.625. The minimum absolute atomic E-state index is 0.00775. The smallest absolute Gasteiger partial charge is 0.329 e. The van der Waals surface area contributed by atoms with Crippen molar-refractivity contribution in [2.75, 3.05) is 18.0 Å². The first-order valence-electron chi connectivity index (χ1n) is 8.79. The molecule has 0 aromatic carbocycles. The maximum Gasteiger partial charge on any atom is 0.329 e. The van der Waals surface area contributed by atoms with Crippen LogP contribution < -0.4 is 4.90 Å². The van der Waals surface area contributed by atoms with Gasteiger partial charge in [-0.1, -0.05) is 20.8 Å². The van der Waals surface area contributed by atoms with E-state index >= 15 is 0 Å². The van der Waals surface area contributed by atoms with Gasteiger partial charge in [-0.2, -0.15) is 22.4 Å². The fourth-order valence-electron chi connectivity index (χ4n) is 2.90. The molecule has 13 heteroatoms. The number of aromatic nitrogens is 7. The number of halogens is 4. The third-order valence-corrected chi connectivity index (χ3v) is 4.40. The van der Waals surface area contributed by atoms with E-state index in [-0.39, 0.29) is 35.2 Å². The average Bonchev–Trinajstić information content (AvgIpc) is 3.22. The van der Waals surface area contributed by atoms with E-state index in [1.165, 1.54) is 4.80 Å². The molecule has 9 nitrogen and oxygen atoms in total. The predicted molar refractivity (Wildman–Crippen MR) is 92.1 cm³/mol. The summed E-state index contributed by atoms with van der Waals surface area (Å²) < 4.78 is 60.4. The van der Waals surface area contributed by atoms with Gasteiger partial charge in [-0.3, -0.25) is 0 Å². The van der Waals surface area contributed by atoms with Gasteiger partial charge >= 0.3 is 11.8 Å². The van der Waals surface area contributed by atoms with Crippen molar-refractivity contribution in [2.45, 2.75) is 51.5 Å². The zero-order valence-corrected chi connectivity index (χ0v) is 16.1. The van der Waals surface area contributed by atoms with Gasteiger partial charge in [-0.25, -0.2) is 9.97 Å². The second-order valence-electron chi connectivity index (χ2n) is 8.00. The van der Waals surface area contributed by atoms with E-state index in [2.05, 4.69) is 30.4 Å². The molecule has 0 aliphatic carbocycles. The molecule has 3 aromatic heterocycles. The quantitative estimate of drug-likeness (QED) is 0.603. The van der Waals surface area contributed by atoms with E-state index in [4.69, 9.17) is 4.42 Å². The van der Waals surface area contributed by atoms with Gasteiger partial charge < -0.3 is 9.32 Å². The number of anilines is 1. The summed E-state index contributed by atoms with van der Waals surface area (Å²) in [5.41, 5.74) is -0.418. The van der Waals surface area contributed by atoms with Crippen LogP contribution in [-0.2, 0) is 12.0 Å². The van der Waals surface area contributed by atoms with Crippen LogP contribution >= 0.6 is 0 Å². The highest BCUT2D eigenvalue weighted by Crippen LogP contribution is 2.43. The van der Waals surface area contributed by atoms with Crippen LogP contribution in [0, 0.1) is 6.92 Å². The van der Waals surface area contributed by atoms with E-state index in [1.54, 1.807) is 6.92 Å². The summed E-state index contributed by atoms with van der Waals surface area (Å²) in [5, 5.41) is 16.0. The minimum atomic E-state index is -4.18. The maximum absolute atomic E-state index is 13.8. The van der Waals surface area contributed by atoms with Crippen LogP contribution in [0.5, 0.6) is 0 Å². The predicted octanol–water partition coefficient (Wildman–Crippen LogP) is 2.35. The number of aryl methyl sites for hydroxylation is 1. The van der Waals surface area contributed by atoms with Crippen LogP contribution in [0.1, 0.15) is 38.4 Å². The normalized spacial score (nSPS) is 18.7. The highest BCUT2D eigenvalue weighted by Gasteiger charge is 2.63. The molecule has 0 bridgehead atoms. The molecule has 0 saturated carbocycles. The third kappa shape index (κ3) is 3.38. The standard InChI is InChI=1S/C16H18F4N8O/c1-8-23-24-9(29-8)5-28-25-10-11(26-28)21-13(14(2,3)4)22-12(10)27-6-15(17,18)16(19,20)7-27/h5-7H2,1-4H3. The highest BCUT2D eigenvalue weighted by molar-refractivity contribution is 5.83. The molecule has 1 aliphatic rings. The fourth-order valence-corrected chi connectivity index (χ4v) is 2.90. The number of alkyl halides is 4. The zero-order chi connectivity index (χ0) is 21.2. The number of hydrogen-bond donors (Lipinski definition) is 0. The van der Waals surface area contributed by atoms with Crippen LogP contribution in [0.25, 0.3) is 11.2 Å². The van der Waals surface area contributed by atoms with E-state index < -0.39 is 30.3 Å². The lowest BCUT2D eigenvalue weighted by Gasteiger charge is -2.21. The molecular formula is C16H18F4N8O. The van der Waals surface area contributed by atoms with E-state index in [0.29, 0.717) is 5.89 Å². The Bertz CT molecular complexity index is 1050. The molecule has 1 aliphatic heterocycles. The first-order chi connectivity index (χ1) is 13.4. The molecule has 0 atom stereocenters. The van der Waals surface area contributed by atoms with Gasteiger partial charge in [0, 0.05) is 12.3 Å². The molecule has 1 saturated heterocycles. The van der Waals surface area contributed by atoms with Gasteiger partial charge in [-0.15, -0.1) is 20.4 Å². The molecule has 0 unspecified atom stereocenters. The lowest BCUT2D eigenvalue weighted by molar-refractivity contribution is -0.172. The monoisotopic (exact) mass is 414 g/mol. The van der Waals surface area contributed by atoms with Crippen LogP contribution in [0.15, 0.2) is 4.42 Å². The van der Waals surface area contributed by atoms with E-state index in [1.807, 2.05) is 20.8 Å². The summed E-state index contributed by atoms with van der Waals surface area (Å²) in [6.45, 7) is 4.73. The summed E-state index contributed by atoms with van der Waals surface area (Å²) >= 11 is 0. The van der Waals surface area contributed by atoms with Crippen LogP contribution in [0.4, 0.5) is 23.4 Å². The second-order valence-corrected chi connectivity index (χ2v) is 8.00. The average molecular weight is 414 g/mol. The van der Waals surface area contributed by atoms with Crippen molar-refractivity contribution in [3.05, 3.63) is 17.6 Å². The maximum atomic E-state index is 13.8. The molecule has 3 aromatic rings. The summed E-state index contributed by atoms with van der Waals surface area (Å²) in [5.74, 6) is -7.60. The van der Waals surface area contributed by atoms with E-state index in [9.17, 15) is 17.6 Å². The van der Waals surface area contributed by atoms with Crippen molar-refractivity contribution in [3.63, 3.8) is 0 Å². The largest absolute Gasteiger partial charge is 0.423 e. The Kier molecular flexibility index (Phi) is 4.07. The number of hydrogen-bond acceptors (Lipinski definition) is 8. The summed E-state index contributed by atoms with van der Waals surface area (Å²) in [6, 6.07) is 0. The Balaban J connectivity index is 1.81. The molecule has 0 N–H and O–H groups in total. The number of rotatable bonds is 3. The third-order valence-electron chi connectivity index (χ3n) is 4.40. The van der Waals surface area contributed by atoms with Crippen LogP contribution in [0.2, 0.25) is 0 Å². The summed E-state index contributed by atoms with van der Waals surface area (Å²) in [4.78, 5) is 10.7.